The van der Waals surface area contributed by atoms with Crippen LogP contribution in [-0.4, -0.2) is 27.3 Å². The molecule has 0 saturated heterocycles. The Bertz CT molecular complexity index is 761. The number of urea groups is 1. The van der Waals surface area contributed by atoms with Crippen molar-refractivity contribution >= 4 is 11.7 Å². The Morgan fingerprint density at radius 1 is 1.28 bits per heavy atom. The standard InChI is InChI=1S/C19H25N5O/c1-14-12-15(2)24(23-14)18-9-8-17(13-21-18)22-19(25)20-11-10-16-6-4-3-5-7-16/h6,8-9,12-13H,3-5,7,10-11H2,1-2H3,(H2,20,22,25). The molecule has 132 valence electrons. The lowest BCUT2D eigenvalue weighted by molar-refractivity contribution is 0.252. The Kier molecular flexibility index (Phi) is 5.48. The zero-order chi connectivity index (χ0) is 17.6. The predicted molar refractivity (Wildman–Crippen MR) is 99.0 cm³/mol. The van der Waals surface area contributed by atoms with Crippen LogP contribution in [-0.2, 0) is 0 Å². The van der Waals surface area contributed by atoms with Crippen molar-refractivity contribution < 1.29 is 4.79 Å². The Morgan fingerprint density at radius 3 is 2.80 bits per heavy atom. The van der Waals surface area contributed by atoms with E-state index in [1.807, 2.05) is 32.0 Å². The first-order valence-corrected chi connectivity index (χ1v) is 8.84. The number of allylic oxidation sites excluding steroid dienone is 1. The van der Waals surface area contributed by atoms with Gasteiger partial charge < -0.3 is 10.6 Å². The lowest BCUT2D eigenvalue weighted by Crippen LogP contribution is -2.29. The van der Waals surface area contributed by atoms with Gasteiger partial charge in [0.2, 0.25) is 0 Å². The first kappa shape index (κ1) is 17.2. The summed E-state index contributed by atoms with van der Waals surface area (Å²) in [7, 11) is 0. The van der Waals surface area contributed by atoms with Crippen LogP contribution in [0.3, 0.4) is 0 Å². The Morgan fingerprint density at radius 2 is 2.16 bits per heavy atom. The topological polar surface area (TPSA) is 71.8 Å². The second kappa shape index (κ2) is 7.96. The van der Waals surface area contributed by atoms with Crippen molar-refractivity contribution in [2.45, 2.75) is 46.0 Å². The SMILES string of the molecule is Cc1cc(C)n(-c2ccc(NC(=O)NCCC3=CCCCC3)cn2)n1. The third-order valence-corrected chi connectivity index (χ3v) is 4.35. The van der Waals surface area contributed by atoms with E-state index in [2.05, 4.69) is 26.8 Å². The van der Waals surface area contributed by atoms with E-state index in [0.717, 1.165) is 23.6 Å². The van der Waals surface area contributed by atoms with Crippen molar-refractivity contribution in [1.82, 2.24) is 20.1 Å². The third kappa shape index (κ3) is 4.68. The molecular formula is C19H25N5O. The maximum absolute atomic E-state index is 12.0. The molecule has 2 heterocycles. The molecule has 0 unspecified atom stereocenters. The molecule has 6 nitrogen and oxygen atoms in total. The van der Waals surface area contributed by atoms with Crippen LogP contribution in [0.4, 0.5) is 10.5 Å². The van der Waals surface area contributed by atoms with E-state index in [1.165, 1.54) is 31.3 Å². The van der Waals surface area contributed by atoms with E-state index in [-0.39, 0.29) is 6.03 Å². The molecule has 2 N–H and O–H groups in total. The maximum Gasteiger partial charge on any atom is 0.319 e. The number of pyridine rings is 1. The molecule has 2 aromatic heterocycles. The number of rotatable bonds is 5. The van der Waals surface area contributed by atoms with E-state index >= 15 is 0 Å². The van der Waals surface area contributed by atoms with E-state index in [4.69, 9.17) is 0 Å². The van der Waals surface area contributed by atoms with Crippen LogP contribution in [0.15, 0.2) is 36.0 Å². The van der Waals surface area contributed by atoms with Crippen LogP contribution >= 0.6 is 0 Å². The quantitative estimate of drug-likeness (QED) is 0.812. The monoisotopic (exact) mass is 339 g/mol. The molecule has 0 fully saturated rings. The highest BCUT2D eigenvalue weighted by Crippen LogP contribution is 2.19. The molecule has 0 bridgehead atoms. The summed E-state index contributed by atoms with van der Waals surface area (Å²) < 4.78 is 1.79. The van der Waals surface area contributed by atoms with Crippen molar-refractivity contribution in [1.29, 1.82) is 0 Å². The number of amides is 2. The van der Waals surface area contributed by atoms with Gasteiger partial charge in [0.25, 0.3) is 0 Å². The van der Waals surface area contributed by atoms with Gasteiger partial charge in [0.05, 0.1) is 17.6 Å². The van der Waals surface area contributed by atoms with Gasteiger partial charge >= 0.3 is 6.03 Å². The summed E-state index contributed by atoms with van der Waals surface area (Å²) in [6, 6.07) is 5.49. The number of nitrogens with one attached hydrogen (secondary N) is 2. The average molecular weight is 339 g/mol. The fourth-order valence-corrected chi connectivity index (χ4v) is 3.09. The number of carbonyl (C=O) groups excluding carboxylic acids is 1. The van der Waals surface area contributed by atoms with Crippen LogP contribution in [0, 0.1) is 13.8 Å². The minimum Gasteiger partial charge on any atom is -0.338 e. The van der Waals surface area contributed by atoms with Gasteiger partial charge in [-0.15, -0.1) is 0 Å². The van der Waals surface area contributed by atoms with E-state index in [9.17, 15) is 4.79 Å². The number of aryl methyl sites for hydroxylation is 2. The first-order chi connectivity index (χ1) is 12.1. The summed E-state index contributed by atoms with van der Waals surface area (Å²) in [5.74, 6) is 0.737. The van der Waals surface area contributed by atoms with Gasteiger partial charge in [-0.3, -0.25) is 0 Å². The van der Waals surface area contributed by atoms with E-state index in [1.54, 1.807) is 10.9 Å². The Labute approximate surface area is 148 Å². The third-order valence-electron chi connectivity index (χ3n) is 4.35. The van der Waals surface area contributed by atoms with E-state index < -0.39 is 0 Å². The van der Waals surface area contributed by atoms with Crippen molar-refractivity contribution in [2.24, 2.45) is 0 Å². The summed E-state index contributed by atoms with van der Waals surface area (Å²) in [6.07, 6.45) is 9.79. The Hall–Kier alpha value is -2.63. The highest BCUT2D eigenvalue weighted by atomic mass is 16.2. The van der Waals surface area contributed by atoms with Crippen LogP contribution < -0.4 is 10.6 Å². The fraction of sp³-hybridized carbons (Fsp3) is 0.421. The normalized spacial score (nSPS) is 14.1. The fourth-order valence-electron chi connectivity index (χ4n) is 3.09. The van der Waals surface area contributed by atoms with Gasteiger partial charge in [-0.05, 0) is 64.2 Å². The van der Waals surface area contributed by atoms with Crippen molar-refractivity contribution in [2.75, 3.05) is 11.9 Å². The number of carbonyl (C=O) groups is 1. The second-order valence-electron chi connectivity index (χ2n) is 6.48. The molecule has 2 amide bonds. The molecule has 0 atom stereocenters. The largest absolute Gasteiger partial charge is 0.338 e. The minimum absolute atomic E-state index is 0.197. The maximum atomic E-state index is 12.0. The van der Waals surface area contributed by atoms with E-state index in [0.29, 0.717) is 12.2 Å². The molecule has 0 saturated carbocycles. The lowest BCUT2D eigenvalue weighted by Gasteiger charge is -2.13. The lowest BCUT2D eigenvalue weighted by atomic mass is 9.97. The van der Waals surface area contributed by atoms with Gasteiger partial charge in [0.1, 0.15) is 0 Å². The van der Waals surface area contributed by atoms with Crippen LogP contribution in [0.5, 0.6) is 0 Å². The second-order valence-corrected chi connectivity index (χ2v) is 6.48. The summed E-state index contributed by atoms with van der Waals surface area (Å²) >= 11 is 0. The molecular weight excluding hydrogens is 314 g/mol. The summed E-state index contributed by atoms with van der Waals surface area (Å²) in [5.41, 5.74) is 4.11. The number of nitrogens with zero attached hydrogens (tertiary/aromatic N) is 3. The van der Waals surface area contributed by atoms with Crippen molar-refractivity contribution in [3.05, 3.63) is 47.4 Å². The van der Waals surface area contributed by atoms with Crippen LogP contribution in [0.25, 0.3) is 5.82 Å². The molecule has 0 aromatic carbocycles. The highest BCUT2D eigenvalue weighted by molar-refractivity contribution is 5.89. The molecule has 0 aliphatic heterocycles. The molecule has 6 heteroatoms. The molecule has 1 aliphatic carbocycles. The van der Waals surface area contributed by atoms with Gasteiger partial charge in [-0.1, -0.05) is 11.6 Å². The van der Waals surface area contributed by atoms with Gasteiger partial charge in [0, 0.05) is 12.2 Å². The zero-order valence-electron chi connectivity index (χ0n) is 14.9. The van der Waals surface area contributed by atoms with Gasteiger partial charge in [0.15, 0.2) is 5.82 Å². The average Bonchev–Trinajstić information content (AvgIpc) is 2.95. The van der Waals surface area contributed by atoms with Gasteiger partial charge in [-0.2, -0.15) is 5.10 Å². The van der Waals surface area contributed by atoms with Crippen LogP contribution in [0.1, 0.15) is 43.5 Å². The predicted octanol–water partition coefficient (Wildman–Crippen LogP) is 3.90. The molecule has 1 aliphatic rings. The summed E-state index contributed by atoms with van der Waals surface area (Å²) in [4.78, 5) is 16.4. The Balaban J connectivity index is 1.50. The van der Waals surface area contributed by atoms with Gasteiger partial charge in [-0.25, -0.2) is 14.5 Å². The van der Waals surface area contributed by atoms with Crippen molar-refractivity contribution in [3.8, 4) is 5.82 Å². The number of anilines is 1. The van der Waals surface area contributed by atoms with Crippen molar-refractivity contribution in [3.63, 3.8) is 0 Å². The summed E-state index contributed by atoms with van der Waals surface area (Å²) in [6.45, 7) is 4.60. The first-order valence-electron chi connectivity index (χ1n) is 8.84. The molecule has 0 radical (unpaired) electrons. The molecule has 3 rings (SSSR count). The number of hydrogen-bond donors (Lipinski definition) is 2. The molecule has 0 spiro atoms. The smallest absolute Gasteiger partial charge is 0.319 e. The number of hydrogen-bond acceptors (Lipinski definition) is 3. The summed E-state index contributed by atoms with van der Waals surface area (Å²) in [5, 5.41) is 10.1. The zero-order valence-corrected chi connectivity index (χ0v) is 14.9. The molecule has 2 aromatic rings. The molecule has 25 heavy (non-hydrogen) atoms. The van der Waals surface area contributed by atoms with Crippen LogP contribution in [0.2, 0.25) is 0 Å². The number of aromatic nitrogens is 3. The minimum atomic E-state index is -0.197. The highest BCUT2D eigenvalue weighted by Gasteiger charge is 2.07.